The fourth-order valence-electron chi connectivity index (χ4n) is 4.37. The van der Waals surface area contributed by atoms with E-state index in [-0.39, 0.29) is 30.7 Å². The number of aryl methyl sites for hydroxylation is 3. The van der Waals surface area contributed by atoms with Crippen molar-refractivity contribution in [1.29, 1.82) is 0 Å². The average molecular weight is 500 g/mol. The molecule has 3 amide bonds. The van der Waals surface area contributed by atoms with Crippen LogP contribution >= 0.6 is 0 Å². The van der Waals surface area contributed by atoms with Crippen LogP contribution in [0.15, 0.2) is 66.7 Å². The smallest absolute Gasteiger partial charge is 0.262 e. The molecule has 1 fully saturated rings. The summed E-state index contributed by atoms with van der Waals surface area (Å²) in [4.78, 5) is 39.2. The first-order chi connectivity index (χ1) is 17.8. The maximum absolute atomic E-state index is 12.7. The van der Waals surface area contributed by atoms with E-state index < -0.39 is 5.92 Å². The van der Waals surface area contributed by atoms with Gasteiger partial charge in [-0.05, 0) is 67.3 Å². The quantitative estimate of drug-likeness (QED) is 0.452. The highest BCUT2D eigenvalue weighted by Crippen LogP contribution is 2.27. The lowest BCUT2D eigenvalue weighted by atomic mass is 10.1. The summed E-state index contributed by atoms with van der Waals surface area (Å²) in [5.74, 6) is -0.332. The third-order valence-electron chi connectivity index (χ3n) is 6.57. The van der Waals surface area contributed by atoms with Crippen LogP contribution in [0.3, 0.4) is 0 Å². The van der Waals surface area contributed by atoms with Crippen molar-refractivity contribution >= 4 is 29.1 Å². The van der Waals surface area contributed by atoms with Gasteiger partial charge in [-0.15, -0.1) is 0 Å². The summed E-state index contributed by atoms with van der Waals surface area (Å²) in [5, 5.41) is 5.81. The molecule has 3 aromatic rings. The van der Waals surface area contributed by atoms with Crippen LogP contribution in [0.4, 0.5) is 11.4 Å². The molecule has 7 nitrogen and oxygen atoms in total. The molecule has 4 rings (SSSR count). The number of anilines is 2. The first-order valence-corrected chi connectivity index (χ1v) is 12.6. The SMILES string of the molecule is CCc1ccc(CNC(=O)[C@@H]2CC(=O)N(c3ccc(OCC(=O)Nc4ccc(C)cc4C)cc3)C2)cc1. The number of hydrogen-bond acceptors (Lipinski definition) is 4. The summed E-state index contributed by atoms with van der Waals surface area (Å²) in [6.45, 7) is 6.70. The van der Waals surface area contributed by atoms with Crippen LogP contribution < -0.4 is 20.3 Å². The van der Waals surface area contributed by atoms with E-state index in [1.165, 1.54) is 5.56 Å². The number of hydrogen-bond donors (Lipinski definition) is 2. The predicted octanol–water partition coefficient (Wildman–Crippen LogP) is 4.55. The molecule has 2 N–H and O–H groups in total. The summed E-state index contributed by atoms with van der Waals surface area (Å²) in [5.41, 5.74) is 5.87. The van der Waals surface area contributed by atoms with Crippen molar-refractivity contribution in [2.45, 2.75) is 40.2 Å². The predicted molar refractivity (Wildman–Crippen MR) is 145 cm³/mol. The molecular weight excluding hydrogens is 466 g/mol. The lowest BCUT2D eigenvalue weighted by molar-refractivity contribution is -0.126. The number of carbonyl (C=O) groups excluding carboxylic acids is 3. The zero-order chi connectivity index (χ0) is 26.4. The van der Waals surface area contributed by atoms with Crippen molar-refractivity contribution in [3.8, 4) is 5.75 Å². The molecular formula is C30H33N3O4. The summed E-state index contributed by atoms with van der Waals surface area (Å²) >= 11 is 0. The summed E-state index contributed by atoms with van der Waals surface area (Å²) < 4.78 is 5.62. The van der Waals surface area contributed by atoms with E-state index in [1.54, 1.807) is 29.2 Å². The highest BCUT2D eigenvalue weighted by molar-refractivity contribution is 6.00. The lowest BCUT2D eigenvalue weighted by Crippen LogP contribution is -2.32. The third-order valence-corrected chi connectivity index (χ3v) is 6.57. The Balaban J connectivity index is 1.26. The van der Waals surface area contributed by atoms with E-state index >= 15 is 0 Å². The number of ether oxygens (including phenoxy) is 1. The number of amides is 3. The second kappa shape index (κ2) is 11.7. The van der Waals surface area contributed by atoms with Gasteiger partial charge in [0.05, 0.1) is 5.92 Å². The minimum atomic E-state index is -0.396. The van der Waals surface area contributed by atoms with Crippen molar-refractivity contribution in [1.82, 2.24) is 5.32 Å². The van der Waals surface area contributed by atoms with E-state index in [9.17, 15) is 14.4 Å². The van der Waals surface area contributed by atoms with Crippen LogP contribution in [0.25, 0.3) is 0 Å². The lowest BCUT2D eigenvalue weighted by Gasteiger charge is -2.17. The summed E-state index contributed by atoms with van der Waals surface area (Å²) in [7, 11) is 0. The van der Waals surface area contributed by atoms with Gasteiger partial charge in [0.1, 0.15) is 5.75 Å². The van der Waals surface area contributed by atoms with E-state index in [4.69, 9.17) is 4.74 Å². The van der Waals surface area contributed by atoms with Gasteiger partial charge in [0.2, 0.25) is 11.8 Å². The van der Waals surface area contributed by atoms with Gasteiger partial charge >= 0.3 is 0 Å². The molecule has 0 bridgehead atoms. The van der Waals surface area contributed by atoms with E-state index in [2.05, 4.69) is 29.7 Å². The molecule has 3 aromatic carbocycles. The van der Waals surface area contributed by atoms with Crippen molar-refractivity contribution in [3.05, 3.63) is 89.0 Å². The van der Waals surface area contributed by atoms with Gasteiger partial charge in [-0.25, -0.2) is 0 Å². The van der Waals surface area contributed by atoms with Crippen LogP contribution in [0.2, 0.25) is 0 Å². The molecule has 0 unspecified atom stereocenters. The van der Waals surface area contributed by atoms with Crippen molar-refractivity contribution in [3.63, 3.8) is 0 Å². The Morgan fingerprint density at radius 1 is 0.973 bits per heavy atom. The van der Waals surface area contributed by atoms with Gasteiger partial charge in [0, 0.05) is 30.9 Å². The molecule has 1 aliphatic heterocycles. The average Bonchev–Trinajstić information content (AvgIpc) is 3.30. The first-order valence-electron chi connectivity index (χ1n) is 12.6. The maximum Gasteiger partial charge on any atom is 0.262 e. The van der Waals surface area contributed by atoms with Gasteiger partial charge in [-0.3, -0.25) is 14.4 Å². The molecule has 0 aliphatic carbocycles. The molecule has 37 heavy (non-hydrogen) atoms. The van der Waals surface area contributed by atoms with E-state index in [0.717, 1.165) is 28.8 Å². The minimum absolute atomic E-state index is 0.0889. The Morgan fingerprint density at radius 3 is 2.35 bits per heavy atom. The topological polar surface area (TPSA) is 87.7 Å². The molecule has 0 spiro atoms. The normalized spacial score (nSPS) is 14.9. The zero-order valence-electron chi connectivity index (χ0n) is 21.5. The monoisotopic (exact) mass is 499 g/mol. The van der Waals surface area contributed by atoms with Crippen LogP contribution in [-0.2, 0) is 27.3 Å². The van der Waals surface area contributed by atoms with Gasteiger partial charge in [0.15, 0.2) is 6.61 Å². The summed E-state index contributed by atoms with van der Waals surface area (Å²) in [6.07, 6.45) is 1.15. The molecule has 0 aromatic heterocycles. The van der Waals surface area contributed by atoms with Crippen molar-refractivity contribution in [2.24, 2.45) is 5.92 Å². The second-order valence-electron chi connectivity index (χ2n) is 9.44. The van der Waals surface area contributed by atoms with Crippen molar-refractivity contribution in [2.75, 3.05) is 23.4 Å². The molecule has 192 valence electrons. The number of rotatable bonds is 9. The Labute approximate surface area is 217 Å². The Morgan fingerprint density at radius 2 is 1.68 bits per heavy atom. The van der Waals surface area contributed by atoms with Crippen LogP contribution in [-0.4, -0.2) is 30.9 Å². The van der Waals surface area contributed by atoms with E-state index in [0.29, 0.717) is 24.5 Å². The molecule has 1 aliphatic rings. The molecule has 1 atom stereocenters. The molecule has 1 heterocycles. The molecule has 1 saturated heterocycles. The number of benzene rings is 3. The minimum Gasteiger partial charge on any atom is -0.484 e. The molecule has 0 radical (unpaired) electrons. The molecule has 7 heteroatoms. The van der Waals surface area contributed by atoms with Crippen LogP contribution in [0, 0.1) is 19.8 Å². The van der Waals surface area contributed by atoms with Gasteiger partial charge in [-0.2, -0.15) is 0 Å². The van der Waals surface area contributed by atoms with Gasteiger partial charge < -0.3 is 20.3 Å². The Kier molecular flexibility index (Phi) is 8.23. The Hall–Kier alpha value is -4.13. The maximum atomic E-state index is 12.7. The van der Waals surface area contributed by atoms with E-state index in [1.807, 2.05) is 44.2 Å². The largest absolute Gasteiger partial charge is 0.484 e. The summed E-state index contributed by atoms with van der Waals surface area (Å²) in [6, 6.07) is 21.0. The Bertz CT molecular complexity index is 1270. The highest BCUT2D eigenvalue weighted by Gasteiger charge is 2.35. The second-order valence-corrected chi connectivity index (χ2v) is 9.44. The van der Waals surface area contributed by atoms with Crippen LogP contribution in [0.5, 0.6) is 5.75 Å². The fraction of sp³-hybridized carbons (Fsp3) is 0.300. The van der Waals surface area contributed by atoms with Gasteiger partial charge in [-0.1, -0.05) is 48.9 Å². The number of nitrogens with one attached hydrogen (secondary N) is 2. The van der Waals surface area contributed by atoms with Crippen LogP contribution in [0.1, 0.15) is 35.6 Å². The molecule has 0 saturated carbocycles. The zero-order valence-corrected chi connectivity index (χ0v) is 21.5. The number of carbonyl (C=O) groups is 3. The van der Waals surface area contributed by atoms with Crippen molar-refractivity contribution < 1.29 is 19.1 Å². The fourth-order valence-corrected chi connectivity index (χ4v) is 4.37. The standard InChI is InChI=1S/C30H33N3O4/c1-4-22-6-8-23(9-7-22)17-31-30(36)24-16-29(35)33(18-24)25-10-12-26(13-11-25)37-19-28(34)32-27-14-5-20(2)15-21(27)3/h5-15,24H,4,16-19H2,1-3H3,(H,31,36)(H,32,34)/t24-/m1/s1. The third kappa shape index (κ3) is 6.76. The number of nitrogens with zero attached hydrogens (tertiary/aromatic N) is 1. The first kappa shape index (κ1) is 25.9. The highest BCUT2D eigenvalue weighted by atomic mass is 16.5. The van der Waals surface area contributed by atoms with Gasteiger partial charge in [0.25, 0.3) is 5.91 Å².